The van der Waals surface area contributed by atoms with E-state index >= 15 is 0 Å². The third-order valence-corrected chi connectivity index (χ3v) is 8.85. The van der Waals surface area contributed by atoms with E-state index in [9.17, 15) is 18.3 Å². The highest BCUT2D eigenvalue weighted by Gasteiger charge is 2.65. The van der Waals surface area contributed by atoms with Gasteiger partial charge in [0.2, 0.25) is 10.0 Å². The molecule has 7 heteroatoms. The Balaban J connectivity index is 1.47. The van der Waals surface area contributed by atoms with Crippen LogP contribution in [0, 0.1) is 16.7 Å². The molecule has 0 saturated heterocycles. The second-order valence-corrected chi connectivity index (χ2v) is 10.8. The first-order valence-corrected chi connectivity index (χ1v) is 11.4. The zero-order chi connectivity index (χ0) is 20.3. The Bertz CT molecular complexity index is 1040. The Kier molecular flexibility index (Phi) is 4.48. The lowest BCUT2D eigenvalue weighted by Crippen LogP contribution is -2.45. The summed E-state index contributed by atoms with van der Waals surface area (Å²) < 4.78 is 30.1. The second-order valence-electron chi connectivity index (χ2n) is 9.03. The molecule has 1 aromatic heterocycles. The fraction of sp³-hybridized carbons (Fsp3) is 0.571. The first kappa shape index (κ1) is 19.6. The van der Waals surface area contributed by atoms with Gasteiger partial charge in [0.05, 0.1) is 11.9 Å². The van der Waals surface area contributed by atoms with Crippen LogP contribution in [-0.2, 0) is 21.9 Å². The maximum atomic E-state index is 12.8. The van der Waals surface area contributed by atoms with Crippen LogP contribution < -0.4 is 4.72 Å². The van der Waals surface area contributed by atoms with Crippen molar-refractivity contribution in [3.63, 3.8) is 0 Å². The Morgan fingerprint density at radius 1 is 1.32 bits per heavy atom. The minimum atomic E-state index is -3.69. The summed E-state index contributed by atoms with van der Waals surface area (Å²) in [6, 6.07) is 7.56. The molecule has 2 aliphatic rings. The van der Waals surface area contributed by atoms with E-state index < -0.39 is 21.5 Å². The third kappa shape index (κ3) is 2.91. The summed E-state index contributed by atoms with van der Waals surface area (Å²) in [5.74, 6) is 0.167. The summed E-state index contributed by atoms with van der Waals surface area (Å²) in [6.07, 6.45) is 3.03. The standard InChI is InChI=1S/C21H28N2O4S/c1-20(2)16-6-8-21(20,19(25)11-16)13-28(26,27)22-12-18(24)15-4-5-17-14(10-15)7-9-23(17)3/h4-5,7,9-10,16,18,22,24H,6,8,11-13H2,1-3H3. The number of Topliss-reactive ketones (excluding diaryl/α,β-unsaturated/α-hetero) is 1. The molecule has 2 N–H and O–H groups in total. The van der Waals surface area contributed by atoms with Crippen molar-refractivity contribution in [3.05, 3.63) is 36.0 Å². The average molecular weight is 405 g/mol. The lowest BCUT2D eigenvalue weighted by atomic mass is 9.70. The maximum Gasteiger partial charge on any atom is 0.212 e. The summed E-state index contributed by atoms with van der Waals surface area (Å²) in [5.41, 5.74) is 0.624. The van der Waals surface area contributed by atoms with Gasteiger partial charge in [-0.1, -0.05) is 19.9 Å². The predicted octanol–water partition coefficient (Wildman–Crippen LogP) is 2.53. The van der Waals surface area contributed by atoms with Crippen LogP contribution in [0.1, 0.15) is 44.8 Å². The van der Waals surface area contributed by atoms with Gasteiger partial charge in [-0.05, 0) is 53.3 Å². The van der Waals surface area contributed by atoms with E-state index in [1.54, 1.807) is 0 Å². The van der Waals surface area contributed by atoms with Gasteiger partial charge < -0.3 is 9.67 Å². The number of nitrogens with one attached hydrogen (secondary N) is 1. The molecule has 2 saturated carbocycles. The number of nitrogens with zero attached hydrogens (tertiary/aromatic N) is 1. The molecule has 4 rings (SSSR count). The SMILES string of the molecule is Cn1ccc2cc(C(O)CNS(=O)(=O)CC34CCC(CC3=O)C4(C)C)ccc21. The summed E-state index contributed by atoms with van der Waals surface area (Å²) in [4.78, 5) is 12.6. The molecular formula is C21H28N2O4S. The van der Waals surface area contributed by atoms with Crippen LogP contribution in [0.3, 0.4) is 0 Å². The average Bonchev–Trinajstić information content (AvgIpc) is 3.17. The Labute approximate surface area is 166 Å². The van der Waals surface area contributed by atoms with E-state index in [-0.39, 0.29) is 29.4 Å². The van der Waals surface area contributed by atoms with Gasteiger partial charge in [-0.25, -0.2) is 13.1 Å². The van der Waals surface area contributed by atoms with E-state index in [2.05, 4.69) is 4.72 Å². The van der Waals surface area contributed by atoms with Crippen molar-refractivity contribution >= 4 is 26.7 Å². The minimum Gasteiger partial charge on any atom is -0.387 e. The molecule has 152 valence electrons. The molecule has 1 heterocycles. The fourth-order valence-corrected chi connectivity index (χ4v) is 7.15. The molecule has 3 unspecified atom stereocenters. The smallest absolute Gasteiger partial charge is 0.212 e. The Hall–Kier alpha value is -1.70. The van der Waals surface area contributed by atoms with E-state index in [1.165, 1.54) is 0 Å². The lowest BCUT2D eigenvalue weighted by Gasteiger charge is -2.36. The van der Waals surface area contributed by atoms with Crippen LogP contribution in [0.15, 0.2) is 30.5 Å². The van der Waals surface area contributed by atoms with Crippen LogP contribution >= 0.6 is 0 Å². The van der Waals surface area contributed by atoms with Crippen LogP contribution in [0.25, 0.3) is 10.9 Å². The summed E-state index contributed by atoms with van der Waals surface area (Å²) in [7, 11) is -1.74. The van der Waals surface area contributed by atoms with Crippen LogP contribution in [-0.4, -0.2) is 36.2 Å². The van der Waals surface area contributed by atoms with Gasteiger partial charge in [-0.15, -0.1) is 0 Å². The lowest BCUT2D eigenvalue weighted by molar-refractivity contribution is -0.128. The van der Waals surface area contributed by atoms with Crippen LogP contribution in [0.2, 0.25) is 0 Å². The molecule has 2 fully saturated rings. The van der Waals surface area contributed by atoms with Gasteiger partial charge in [0.25, 0.3) is 0 Å². The number of sulfonamides is 1. The fourth-order valence-electron chi connectivity index (χ4n) is 5.31. The van der Waals surface area contributed by atoms with E-state index in [4.69, 9.17) is 0 Å². The molecule has 0 radical (unpaired) electrons. The Morgan fingerprint density at radius 3 is 2.71 bits per heavy atom. The van der Waals surface area contributed by atoms with Gasteiger partial charge in [-0.2, -0.15) is 0 Å². The molecule has 3 atom stereocenters. The number of aromatic nitrogens is 1. The number of aliphatic hydroxyl groups is 1. The maximum absolute atomic E-state index is 12.8. The number of aliphatic hydroxyl groups excluding tert-OH is 1. The first-order valence-electron chi connectivity index (χ1n) is 9.79. The number of rotatable bonds is 6. The van der Waals surface area contributed by atoms with Crippen molar-refractivity contribution in [2.75, 3.05) is 12.3 Å². The third-order valence-electron chi connectivity index (χ3n) is 7.37. The van der Waals surface area contributed by atoms with Crippen molar-refractivity contribution in [3.8, 4) is 0 Å². The zero-order valence-electron chi connectivity index (χ0n) is 16.6. The zero-order valence-corrected chi connectivity index (χ0v) is 17.4. The number of benzene rings is 1. The van der Waals surface area contributed by atoms with Gasteiger partial charge >= 0.3 is 0 Å². The molecule has 2 bridgehead atoms. The highest BCUT2D eigenvalue weighted by Crippen LogP contribution is 2.64. The highest BCUT2D eigenvalue weighted by atomic mass is 32.2. The van der Waals surface area contributed by atoms with Crippen molar-refractivity contribution < 1.29 is 18.3 Å². The van der Waals surface area contributed by atoms with Crippen molar-refractivity contribution in [1.29, 1.82) is 0 Å². The Morgan fingerprint density at radius 2 is 2.07 bits per heavy atom. The number of hydrogen-bond donors (Lipinski definition) is 2. The van der Waals surface area contributed by atoms with Crippen molar-refractivity contribution in [2.45, 2.75) is 39.2 Å². The summed E-state index contributed by atoms with van der Waals surface area (Å²) >= 11 is 0. The molecule has 0 amide bonds. The minimum absolute atomic E-state index is 0.0780. The first-order chi connectivity index (χ1) is 13.1. The number of fused-ring (bicyclic) bond motifs is 3. The van der Waals surface area contributed by atoms with Crippen molar-refractivity contribution in [1.82, 2.24) is 9.29 Å². The number of carbonyl (C=O) groups is 1. The molecular weight excluding hydrogens is 376 g/mol. The molecule has 0 spiro atoms. The van der Waals surface area contributed by atoms with Crippen LogP contribution in [0.5, 0.6) is 0 Å². The number of carbonyl (C=O) groups excluding carboxylic acids is 1. The molecule has 2 aromatic rings. The van der Waals surface area contributed by atoms with Gasteiger partial charge in [0, 0.05) is 37.1 Å². The number of hydrogen-bond acceptors (Lipinski definition) is 4. The number of aryl methyl sites for hydroxylation is 1. The largest absolute Gasteiger partial charge is 0.387 e. The topological polar surface area (TPSA) is 88.4 Å². The molecule has 1 aromatic carbocycles. The van der Waals surface area contributed by atoms with Gasteiger partial charge in [-0.3, -0.25) is 4.79 Å². The summed E-state index contributed by atoms with van der Waals surface area (Å²) in [5, 5.41) is 11.5. The summed E-state index contributed by atoms with van der Waals surface area (Å²) in [6.45, 7) is 3.94. The molecule has 28 heavy (non-hydrogen) atoms. The highest BCUT2D eigenvalue weighted by molar-refractivity contribution is 7.89. The van der Waals surface area contributed by atoms with E-state index in [1.807, 2.05) is 55.9 Å². The van der Waals surface area contributed by atoms with Crippen LogP contribution in [0.4, 0.5) is 0 Å². The second kappa shape index (κ2) is 6.40. The molecule has 6 nitrogen and oxygen atoms in total. The molecule has 2 aliphatic carbocycles. The monoisotopic (exact) mass is 404 g/mol. The van der Waals surface area contributed by atoms with Crippen molar-refractivity contribution in [2.24, 2.45) is 23.8 Å². The van der Waals surface area contributed by atoms with Gasteiger partial charge in [0.15, 0.2) is 0 Å². The van der Waals surface area contributed by atoms with E-state index in [0.717, 1.165) is 17.3 Å². The molecule has 0 aliphatic heterocycles. The normalized spacial score (nSPS) is 27.6. The predicted molar refractivity (Wildman–Crippen MR) is 108 cm³/mol. The number of ketones is 1. The van der Waals surface area contributed by atoms with E-state index in [0.29, 0.717) is 18.4 Å². The van der Waals surface area contributed by atoms with Gasteiger partial charge in [0.1, 0.15) is 5.78 Å². The quantitative estimate of drug-likeness (QED) is 0.774.